The molecule has 0 spiro atoms. The van der Waals surface area contributed by atoms with Crippen LogP contribution in [0.5, 0.6) is 0 Å². The minimum Gasteiger partial charge on any atom is -0.395 e. The fourth-order valence-electron chi connectivity index (χ4n) is 9.48. The van der Waals surface area contributed by atoms with Crippen molar-refractivity contribution in [3.8, 4) is 0 Å². The van der Waals surface area contributed by atoms with E-state index in [0.717, 1.165) is 25.7 Å². The maximum absolute atomic E-state index is 14.2. The molecule has 9 amide bonds. The van der Waals surface area contributed by atoms with Crippen LogP contribution in [0.15, 0.2) is 0 Å². The Morgan fingerprint density at radius 2 is 1.19 bits per heavy atom. The first-order chi connectivity index (χ1) is 37.1. The molecule has 0 aromatic rings. The monoisotopic (exact) mass is 1130 g/mol. The summed E-state index contributed by atoms with van der Waals surface area (Å²) in [6.45, 7) is 27.9. The zero-order chi connectivity index (χ0) is 61.5. The highest BCUT2D eigenvalue weighted by Crippen LogP contribution is 2.24. The molecule has 0 radical (unpaired) electrons. The SMILES string of the molecule is CCCCCCC(C)C(=O)N1CCCC1C(=O)NC(CC(C)CC(O)CC(=O)CC)C(=O)NC(C)C(=O)NC(C)(C)C(=O)NC(C(=O)NC(C(=O)NC(C)(C)C(=O)NC(C)(C)C(=O)NC(C)CN(C)CCO)C(C)CC)C(C)CC. The van der Waals surface area contributed by atoms with E-state index < -0.39 is 112 Å². The van der Waals surface area contributed by atoms with Crippen molar-refractivity contribution in [1.82, 2.24) is 52.3 Å². The fraction of sp³-hybridized carbons (Fsp3) is 0.828. The van der Waals surface area contributed by atoms with E-state index in [4.69, 9.17) is 0 Å². The number of aliphatic hydroxyl groups excluding tert-OH is 2. The largest absolute Gasteiger partial charge is 0.395 e. The molecule has 10 N–H and O–H groups in total. The van der Waals surface area contributed by atoms with Gasteiger partial charge in [-0.15, -0.1) is 0 Å². The van der Waals surface area contributed by atoms with Crippen LogP contribution < -0.4 is 42.5 Å². The summed E-state index contributed by atoms with van der Waals surface area (Å²) in [5.41, 5.74) is -4.64. The number of likely N-dealkylation sites (N-methyl/N-ethyl adjacent to an activating group) is 1. The van der Waals surface area contributed by atoms with Crippen LogP contribution in [-0.2, 0) is 47.9 Å². The predicted molar refractivity (Wildman–Crippen MR) is 308 cm³/mol. The molecule has 1 aliphatic heterocycles. The standard InChI is InChI=1S/C58H106N10O12/c1-18-22-23-24-26-38(8)52(77)68-28-25-27-44(68)49(74)61-43(32-35(5)31-42(71)33-41(70)21-4)48(73)60-40(10)47(72)64-56(11,12)54(79)63-45(36(6)19-2)50(75)62-46(37(7)20-3)51(76)65-58(15,16)55(80)66-57(13,14)53(78)59-39(9)34-67(17)29-30-69/h35-40,42-46,69,71H,18-34H2,1-17H3,(H,59,78)(H,60,73)(H,61,74)(H,62,75)(H,63,79)(H,64,72)(H,65,76)(H,66,80). The summed E-state index contributed by atoms with van der Waals surface area (Å²) in [5, 5.41) is 42.0. The van der Waals surface area contributed by atoms with Crippen molar-refractivity contribution in [2.24, 2.45) is 23.7 Å². The summed E-state index contributed by atoms with van der Waals surface area (Å²) in [7, 11) is 1.80. The molecule has 1 saturated heterocycles. The minimum atomic E-state index is -1.67. The number of Topliss-reactive ketones (excluding diaryl/α,β-unsaturated/α-hetero) is 1. The molecule has 460 valence electrons. The quantitative estimate of drug-likeness (QED) is 0.0401. The van der Waals surface area contributed by atoms with Gasteiger partial charge >= 0.3 is 0 Å². The average molecular weight is 1140 g/mol. The topological polar surface area (TPSA) is 314 Å². The van der Waals surface area contributed by atoms with Crippen molar-refractivity contribution in [2.45, 2.75) is 253 Å². The van der Waals surface area contributed by atoms with Gasteiger partial charge in [-0.05, 0) is 112 Å². The van der Waals surface area contributed by atoms with Gasteiger partial charge in [0.25, 0.3) is 0 Å². The van der Waals surface area contributed by atoms with Gasteiger partial charge in [-0.2, -0.15) is 0 Å². The van der Waals surface area contributed by atoms with E-state index in [1.165, 1.54) is 48.5 Å². The van der Waals surface area contributed by atoms with Gasteiger partial charge in [0.15, 0.2) is 0 Å². The number of hydrogen-bond donors (Lipinski definition) is 10. The van der Waals surface area contributed by atoms with E-state index in [-0.39, 0.29) is 61.9 Å². The van der Waals surface area contributed by atoms with Crippen LogP contribution >= 0.6 is 0 Å². The maximum Gasteiger partial charge on any atom is 0.246 e. The Hall–Kier alpha value is -5.22. The van der Waals surface area contributed by atoms with Gasteiger partial charge < -0.3 is 62.5 Å². The number of carbonyl (C=O) groups is 10. The Labute approximate surface area is 478 Å². The zero-order valence-corrected chi connectivity index (χ0v) is 51.7. The molecule has 80 heavy (non-hydrogen) atoms. The molecule has 0 saturated carbocycles. The number of carbonyl (C=O) groups excluding carboxylic acids is 10. The van der Waals surface area contributed by atoms with Gasteiger partial charge in [-0.1, -0.05) is 93.9 Å². The second kappa shape index (κ2) is 34.3. The second-order valence-corrected chi connectivity index (χ2v) is 24.4. The van der Waals surface area contributed by atoms with Gasteiger partial charge in [-0.3, -0.25) is 47.9 Å². The number of aliphatic hydroxyl groups is 2. The van der Waals surface area contributed by atoms with E-state index >= 15 is 0 Å². The molecular formula is C58H106N10O12. The number of likely N-dealkylation sites (tertiary alicyclic amines) is 1. The molecule has 0 bridgehead atoms. The first-order valence-electron chi connectivity index (χ1n) is 29.4. The van der Waals surface area contributed by atoms with Gasteiger partial charge in [0, 0.05) is 44.4 Å². The molecule has 22 heteroatoms. The van der Waals surface area contributed by atoms with Crippen LogP contribution in [0.4, 0.5) is 0 Å². The van der Waals surface area contributed by atoms with Crippen molar-refractivity contribution in [2.75, 3.05) is 33.3 Å². The molecule has 0 aromatic carbocycles. The minimum absolute atomic E-state index is 0.0297. The van der Waals surface area contributed by atoms with Crippen LogP contribution in [0.3, 0.4) is 0 Å². The molecule has 0 aliphatic carbocycles. The van der Waals surface area contributed by atoms with E-state index in [1.807, 2.05) is 25.7 Å². The Morgan fingerprint density at radius 3 is 1.75 bits per heavy atom. The Bertz CT molecular complexity index is 2070. The van der Waals surface area contributed by atoms with Crippen molar-refractivity contribution in [3.05, 3.63) is 0 Å². The predicted octanol–water partition coefficient (Wildman–Crippen LogP) is 2.89. The highest BCUT2D eigenvalue weighted by Gasteiger charge is 2.42. The maximum atomic E-state index is 14.2. The van der Waals surface area contributed by atoms with Gasteiger partial charge in [0.1, 0.15) is 52.6 Å². The first kappa shape index (κ1) is 72.8. The van der Waals surface area contributed by atoms with Crippen molar-refractivity contribution >= 4 is 58.9 Å². The first-order valence-corrected chi connectivity index (χ1v) is 29.4. The summed E-state index contributed by atoms with van der Waals surface area (Å²) >= 11 is 0. The average Bonchev–Trinajstić information content (AvgIpc) is 3.87. The lowest BCUT2D eigenvalue weighted by Crippen LogP contribution is -2.66. The summed E-state index contributed by atoms with van der Waals surface area (Å²) in [6.07, 6.45) is 6.01. The summed E-state index contributed by atoms with van der Waals surface area (Å²) < 4.78 is 0. The fourth-order valence-corrected chi connectivity index (χ4v) is 9.48. The van der Waals surface area contributed by atoms with E-state index in [0.29, 0.717) is 51.7 Å². The zero-order valence-electron chi connectivity index (χ0n) is 51.7. The molecule has 0 aromatic heterocycles. The number of rotatable bonds is 37. The molecule has 1 aliphatic rings. The molecule has 1 heterocycles. The summed E-state index contributed by atoms with van der Waals surface area (Å²) in [6, 6.07) is -5.96. The van der Waals surface area contributed by atoms with Gasteiger partial charge in [-0.25, -0.2) is 0 Å². The number of nitrogens with zero attached hydrogens (tertiary/aromatic N) is 2. The number of unbranched alkanes of at least 4 members (excludes halogenated alkanes) is 3. The number of hydrogen-bond acceptors (Lipinski definition) is 13. The highest BCUT2D eigenvalue weighted by molar-refractivity contribution is 6.00. The van der Waals surface area contributed by atoms with Crippen LogP contribution in [0.1, 0.15) is 194 Å². The van der Waals surface area contributed by atoms with Crippen molar-refractivity contribution < 1.29 is 58.2 Å². The lowest BCUT2D eigenvalue weighted by Gasteiger charge is -2.35. The summed E-state index contributed by atoms with van der Waals surface area (Å²) in [5.74, 6) is -7.10. The molecule has 22 nitrogen and oxygen atoms in total. The van der Waals surface area contributed by atoms with E-state index in [2.05, 4.69) is 49.5 Å². The Morgan fingerprint density at radius 1 is 0.637 bits per heavy atom. The van der Waals surface area contributed by atoms with Crippen molar-refractivity contribution in [3.63, 3.8) is 0 Å². The van der Waals surface area contributed by atoms with Crippen molar-refractivity contribution in [1.29, 1.82) is 0 Å². The van der Waals surface area contributed by atoms with Crippen LogP contribution in [-0.4, -0.2) is 171 Å². The molecule has 11 atom stereocenters. The van der Waals surface area contributed by atoms with E-state index in [9.17, 15) is 58.2 Å². The molecule has 1 rings (SSSR count). The highest BCUT2D eigenvalue weighted by atomic mass is 16.3. The smallest absolute Gasteiger partial charge is 0.246 e. The van der Waals surface area contributed by atoms with Crippen LogP contribution in [0.25, 0.3) is 0 Å². The Balaban J connectivity index is 3.27. The lowest BCUT2D eigenvalue weighted by molar-refractivity contribution is -0.142. The van der Waals surface area contributed by atoms with Crippen LogP contribution in [0.2, 0.25) is 0 Å². The molecular weight excluding hydrogens is 1030 g/mol. The number of amides is 9. The molecule has 1 fully saturated rings. The van der Waals surface area contributed by atoms with Gasteiger partial charge in [0.2, 0.25) is 53.2 Å². The normalized spacial score (nSPS) is 17.7. The Kier molecular flexibility index (Phi) is 31.2. The number of nitrogens with one attached hydrogen (secondary N) is 8. The lowest BCUT2D eigenvalue weighted by atomic mass is 9.92. The van der Waals surface area contributed by atoms with Gasteiger partial charge in [0.05, 0.1) is 12.7 Å². The second-order valence-electron chi connectivity index (χ2n) is 24.4. The molecule has 11 unspecified atom stereocenters. The third-order valence-corrected chi connectivity index (χ3v) is 15.3. The third-order valence-electron chi connectivity index (χ3n) is 15.3. The van der Waals surface area contributed by atoms with Crippen LogP contribution in [0, 0.1) is 23.7 Å². The van der Waals surface area contributed by atoms with E-state index in [1.54, 1.807) is 46.6 Å². The summed E-state index contributed by atoms with van der Waals surface area (Å²) in [4.78, 5) is 141. The number of ketones is 1. The third kappa shape index (κ3) is 24.1.